The van der Waals surface area contributed by atoms with E-state index in [1.54, 1.807) is 11.0 Å². The number of nitrogens with zero attached hydrogens (tertiary/aromatic N) is 1. The summed E-state index contributed by atoms with van der Waals surface area (Å²) in [5.74, 6) is -0.966. The van der Waals surface area contributed by atoms with Crippen molar-refractivity contribution in [3.05, 3.63) is 11.6 Å². The molecule has 1 fully saturated rings. The fourth-order valence-electron chi connectivity index (χ4n) is 2.17. The fraction of sp³-hybridized carbons (Fsp3) is 0.750. The molecule has 1 aliphatic rings. The van der Waals surface area contributed by atoms with Crippen molar-refractivity contribution in [1.82, 2.24) is 4.90 Å². The molecule has 0 atom stereocenters. The Labute approximate surface area is 127 Å². The Bertz CT molecular complexity index is 403. The van der Waals surface area contributed by atoms with Crippen molar-refractivity contribution in [3.8, 4) is 0 Å². The summed E-state index contributed by atoms with van der Waals surface area (Å²) >= 11 is 0. The minimum atomic E-state index is -0.878. The number of aliphatic carboxylic acids is 1. The monoisotopic (exact) mass is 297 g/mol. The first-order chi connectivity index (χ1) is 9.71. The van der Waals surface area contributed by atoms with Gasteiger partial charge in [-0.15, -0.1) is 0 Å². The summed E-state index contributed by atoms with van der Waals surface area (Å²) in [6.45, 7) is 9.63. The maximum atomic E-state index is 12.5. The lowest BCUT2D eigenvalue weighted by Crippen LogP contribution is -2.44. The zero-order valence-electron chi connectivity index (χ0n) is 13.5. The molecule has 5 heteroatoms. The minimum absolute atomic E-state index is 0.0223. The van der Waals surface area contributed by atoms with Gasteiger partial charge in [-0.1, -0.05) is 26.3 Å². The molecule has 1 aliphatic heterocycles. The predicted molar refractivity (Wildman–Crippen MR) is 81.0 cm³/mol. The van der Waals surface area contributed by atoms with Crippen molar-refractivity contribution in [2.45, 2.75) is 53.0 Å². The highest BCUT2D eigenvalue weighted by Gasteiger charge is 2.26. The molecule has 1 N–H and O–H groups in total. The second-order valence-corrected chi connectivity index (χ2v) is 6.60. The molecule has 1 amide bonds. The molecular formula is C16H27NO4. The summed E-state index contributed by atoms with van der Waals surface area (Å²) in [6, 6.07) is 0.0784. The van der Waals surface area contributed by atoms with Crippen LogP contribution in [-0.4, -0.2) is 47.7 Å². The first kappa shape index (κ1) is 17.7. The van der Waals surface area contributed by atoms with Crippen LogP contribution in [0.15, 0.2) is 11.6 Å². The number of carboxylic acids is 1. The Hall–Kier alpha value is -1.36. The number of ether oxygens (including phenoxy) is 1. The van der Waals surface area contributed by atoms with Crippen LogP contribution in [0.2, 0.25) is 0 Å². The Balaban J connectivity index is 2.83. The minimum Gasteiger partial charge on any atom is -0.481 e. The van der Waals surface area contributed by atoms with Crippen molar-refractivity contribution < 1.29 is 19.4 Å². The molecule has 0 bridgehead atoms. The average molecular weight is 297 g/mol. The highest BCUT2D eigenvalue weighted by molar-refractivity contribution is 5.89. The van der Waals surface area contributed by atoms with Crippen LogP contribution in [0.25, 0.3) is 0 Å². The van der Waals surface area contributed by atoms with Crippen molar-refractivity contribution in [1.29, 1.82) is 0 Å². The smallest absolute Gasteiger partial charge is 0.305 e. The van der Waals surface area contributed by atoms with Crippen LogP contribution < -0.4 is 0 Å². The predicted octanol–water partition coefficient (Wildman–Crippen LogP) is 2.46. The third-order valence-corrected chi connectivity index (χ3v) is 4.00. The summed E-state index contributed by atoms with van der Waals surface area (Å²) in [4.78, 5) is 25.0. The van der Waals surface area contributed by atoms with E-state index in [2.05, 4.69) is 20.8 Å². The molecule has 5 nitrogen and oxygen atoms in total. The lowest BCUT2D eigenvalue weighted by molar-refractivity contribution is -0.138. The maximum absolute atomic E-state index is 12.5. The normalized spacial score (nSPS) is 17.6. The lowest BCUT2D eigenvalue weighted by Gasteiger charge is -2.34. The molecule has 0 spiro atoms. The van der Waals surface area contributed by atoms with E-state index in [-0.39, 0.29) is 30.3 Å². The number of hydrogen-bond donors (Lipinski definition) is 1. The van der Waals surface area contributed by atoms with Gasteiger partial charge in [0.15, 0.2) is 0 Å². The molecule has 0 aromatic heterocycles. The molecule has 1 saturated heterocycles. The van der Waals surface area contributed by atoms with E-state index in [0.29, 0.717) is 13.2 Å². The summed E-state index contributed by atoms with van der Waals surface area (Å²) in [5, 5.41) is 8.88. The van der Waals surface area contributed by atoms with Gasteiger partial charge < -0.3 is 14.7 Å². The molecule has 0 aromatic rings. The highest BCUT2D eigenvalue weighted by atomic mass is 16.5. The van der Waals surface area contributed by atoms with E-state index < -0.39 is 5.97 Å². The Morgan fingerprint density at radius 2 is 1.86 bits per heavy atom. The van der Waals surface area contributed by atoms with Gasteiger partial charge in [0.25, 0.3) is 0 Å². The Morgan fingerprint density at radius 3 is 2.33 bits per heavy atom. The first-order valence-corrected chi connectivity index (χ1v) is 7.50. The summed E-state index contributed by atoms with van der Waals surface area (Å²) in [6.07, 6.45) is 3.17. The van der Waals surface area contributed by atoms with Crippen LogP contribution in [0.4, 0.5) is 0 Å². The van der Waals surface area contributed by atoms with Gasteiger partial charge in [0.2, 0.25) is 5.91 Å². The Morgan fingerprint density at radius 1 is 1.29 bits per heavy atom. The molecule has 0 aliphatic carbocycles. The molecule has 21 heavy (non-hydrogen) atoms. The van der Waals surface area contributed by atoms with Crippen LogP contribution in [0.3, 0.4) is 0 Å². The van der Waals surface area contributed by atoms with Crippen molar-refractivity contribution in [2.24, 2.45) is 5.41 Å². The third-order valence-electron chi connectivity index (χ3n) is 4.00. The number of carboxylic acid groups (broad SMARTS) is 1. The lowest BCUT2D eigenvalue weighted by atomic mass is 9.87. The highest BCUT2D eigenvalue weighted by Crippen LogP contribution is 2.25. The van der Waals surface area contributed by atoms with Crippen LogP contribution in [0, 0.1) is 5.41 Å². The number of carbonyl (C=O) groups is 2. The van der Waals surface area contributed by atoms with E-state index in [1.807, 2.05) is 6.92 Å². The van der Waals surface area contributed by atoms with Gasteiger partial charge in [-0.05, 0) is 25.2 Å². The molecule has 0 aromatic carbocycles. The zero-order chi connectivity index (χ0) is 16.0. The van der Waals surface area contributed by atoms with E-state index in [0.717, 1.165) is 18.4 Å². The maximum Gasteiger partial charge on any atom is 0.305 e. The average Bonchev–Trinajstić information content (AvgIpc) is 2.38. The molecule has 1 heterocycles. The van der Waals surface area contributed by atoms with Crippen molar-refractivity contribution >= 4 is 11.9 Å². The number of allylic oxidation sites excluding steroid dienone is 1. The quantitative estimate of drug-likeness (QED) is 0.792. The topological polar surface area (TPSA) is 66.8 Å². The van der Waals surface area contributed by atoms with Gasteiger partial charge in [0.05, 0.1) is 6.42 Å². The fourth-order valence-corrected chi connectivity index (χ4v) is 2.17. The van der Waals surface area contributed by atoms with Gasteiger partial charge in [-0.2, -0.15) is 0 Å². The Kier molecular flexibility index (Phi) is 6.40. The second-order valence-electron chi connectivity index (χ2n) is 6.60. The van der Waals surface area contributed by atoms with Gasteiger partial charge in [-0.25, -0.2) is 0 Å². The van der Waals surface area contributed by atoms with Crippen LogP contribution >= 0.6 is 0 Å². The van der Waals surface area contributed by atoms with Gasteiger partial charge in [-0.3, -0.25) is 9.59 Å². The second kappa shape index (κ2) is 7.59. The molecular weight excluding hydrogens is 270 g/mol. The molecule has 0 saturated carbocycles. The van der Waals surface area contributed by atoms with E-state index in [4.69, 9.17) is 9.84 Å². The third kappa shape index (κ3) is 5.87. The SMILES string of the molecule is CC(=CC(=O)N(CCC(=O)O)C1CCOCC1)C(C)(C)C. The zero-order valence-corrected chi connectivity index (χ0v) is 13.5. The number of rotatable bonds is 5. The van der Waals surface area contributed by atoms with Crippen LogP contribution in [-0.2, 0) is 14.3 Å². The van der Waals surface area contributed by atoms with Crippen molar-refractivity contribution in [2.75, 3.05) is 19.8 Å². The largest absolute Gasteiger partial charge is 0.481 e. The van der Waals surface area contributed by atoms with Gasteiger partial charge in [0.1, 0.15) is 0 Å². The van der Waals surface area contributed by atoms with Gasteiger partial charge >= 0.3 is 5.97 Å². The standard InChI is InChI=1S/C16H27NO4/c1-12(16(2,3)4)11-14(18)17(8-5-15(19)20)13-6-9-21-10-7-13/h11,13H,5-10H2,1-4H3,(H,19,20). The molecule has 120 valence electrons. The number of carbonyl (C=O) groups excluding carboxylic acids is 1. The van der Waals surface area contributed by atoms with Crippen molar-refractivity contribution in [3.63, 3.8) is 0 Å². The number of hydrogen-bond acceptors (Lipinski definition) is 3. The first-order valence-electron chi connectivity index (χ1n) is 7.50. The van der Waals surface area contributed by atoms with Crippen LogP contribution in [0.5, 0.6) is 0 Å². The molecule has 0 unspecified atom stereocenters. The summed E-state index contributed by atoms with van der Waals surface area (Å²) < 4.78 is 5.32. The molecule has 0 radical (unpaired) electrons. The summed E-state index contributed by atoms with van der Waals surface area (Å²) in [5.41, 5.74) is 0.934. The van der Waals surface area contributed by atoms with Crippen LogP contribution in [0.1, 0.15) is 47.0 Å². The van der Waals surface area contributed by atoms with Gasteiger partial charge in [0, 0.05) is 31.9 Å². The van der Waals surface area contributed by atoms with E-state index in [9.17, 15) is 9.59 Å². The van der Waals surface area contributed by atoms with E-state index >= 15 is 0 Å². The molecule has 1 rings (SSSR count). The summed E-state index contributed by atoms with van der Waals surface area (Å²) in [7, 11) is 0. The number of amides is 1. The van der Waals surface area contributed by atoms with E-state index in [1.165, 1.54) is 0 Å².